The van der Waals surface area contributed by atoms with Crippen LogP contribution in [0.4, 0.5) is 0 Å². The number of aromatic nitrogens is 1. The molecular formula is C17H17Cl2N3O. The lowest BCUT2D eigenvalue weighted by atomic mass is 10.00. The quantitative estimate of drug-likeness (QED) is 0.861. The number of benzene rings is 1. The molecule has 3 rings (SSSR count). The van der Waals surface area contributed by atoms with Crippen molar-refractivity contribution in [3.8, 4) is 0 Å². The molecule has 1 aliphatic heterocycles. The zero-order valence-corrected chi connectivity index (χ0v) is 14.2. The average Bonchev–Trinajstić information content (AvgIpc) is 2.89. The van der Waals surface area contributed by atoms with Crippen molar-refractivity contribution in [1.29, 1.82) is 0 Å². The Hall–Kier alpha value is -1.62. The molecule has 120 valence electrons. The van der Waals surface area contributed by atoms with Gasteiger partial charge in [0.15, 0.2) is 0 Å². The SMILES string of the molecule is CN1CCC(NC(=O)c2ccc(Cl)nc2)C1c1ccc(Cl)cc1. The fourth-order valence-electron chi connectivity index (χ4n) is 3.01. The number of pyridine rings is 1. The van der Waals surface area contributed by atoms with Gasteiger partial charge >= 0.3 is 0 Å². The number of likely N-dealkylation sites (tertiary alicyclic amines) is 1. The van der Waals surface area contributed by atoms with E-state index in [1.807, 2.05) is 24.3 Å². The minimum absolute atomic E-state index is 0.0457. The largest absolute Gasteiger partial charge is 0.347 e. The van der Waals surface area contributed by atoms with Crippen LogP contribution in [0.25, 0.3) is 0 Å². The number of hydrogen-bond donors (Lipinski definition) is 1. The van der Waals surface area contributed by atoms with E-state index in [-0.39, 0.29) is 18.0 Å². The molecule has 1 fully saturated rings. The Morgan fingerprint density at radius 1 is 1.22 bits per heavy atom. The Morgan fingerprint density at radius 3 is 2.61 bits per heavy atom. The van der Waals surface area contributed by atoms with Gasteiger partial charge in [0.1, 0.15) is 5.15 Å². The lowest BCUT2D eigenvalue weighted by Gasteiger charge is -2.26. The van der Waals surface area contributed by atoms with Crippen LogP contribution in [0.5, 0.6) is 0 Å². The van der Waals surface area contributed by atoms with Crippen LogP contribution in [0.3, 0.4) is 0 Å². The zero-order chi connectivity index (χ0) is 16.4. The second-order valence-corrected chi connectivity index (χ2v) is 6.54. The number of rotatable bonds is 3. The summed E-state index contributed by atoms with van der Waals surface area (Å²) in [6, 6.07) is 11.3. The third-order valence-electron chi connectivity index (χ3n) is 4.17. The van der Waals surface area contributed by atoms with Crippen LogP contribution >= 0.6 is 23.2 Å². The molecule has 6 heteroatoms. The van der Waals surface area contributed by atoms with E-state index in [1.54, 1.807) is 12.1 Å². The lowest BCUT2D eigenvalue weighted by Crippen LogP contribution is -2.39. The van der Waals surface area contributed by atoms with Crippen LogP contribution in [0.1, 0.15) is 28.4 Å². The minimum atomic E-state index is -0.131. The Labute approximate surface area is 145 Å². The van der Waals surface area contributed by atoms with Crippen molar-refractivity contribution in [3.63, 3.8) is 0 Å². The molecule has 2 unspecified atom stereocenters. The molecule has 0 radical (unpaired) electrons. The van der Waals surface area contributed by atoms with E-state index in [1.165, 1.54) is 6.20 Å². The molecule has 1 saturated heterocycles. The first-order valence-corrected chi connectivity index (χ1v) is 8.18. The fraction of sp³-hybridized carbons (Fsp3) is 0.294. The topological polar surface area (TPSA) is 45.2 Å². The van der Waals surface area contributed by atoms with Gasteiger partial charge in [-0.1, -0.05) is 35.3 Å². The summed E-state index contributed by atoms with van der Waals surface area (Å²) < 4.78 is 0. The zero-order valence-electron chi connectivity index (χ0n) is 12.7. The number of hydrogen-bond acceptors (Lipinski definition) is 3. The Kier molecular flexibility index (Phi) is 4.85. The van der Waals surface area contributed by atoms with Crippen molar-refractivity contribution in [2.24, 2.45) is 0 Å². The van der Waals surface area contributed by atoms with Gasteiger partial charge in [0.2, 0.25) is 0 Å². The summed E-state index contributed by atoms with van der Waals surface area (Å²) in [5.41, 5.74) is 1.66. The maximum atomic E-state index is 12.4. The second-order valence-electron chi connectivity index (χ2n) is 5.72. The summed E-state index contributed by atoms with van der Waals surface area (Å²) in [5.74, 6) is -0.131. The van der Waals surface area contributed by atoms with E-state index in [0.717, 1.165) is 18.5 Å². The summed E-state index contributed by atoms with van der Waals surface area (Å²) in [5, 5.41) is 4.20. The average molecular weight is 350 g/mol. The molecule has 1 aromatic carbocycles. The predicted molar refractivity (Wildman–Crippen MR) is 91.9 cm³/mol. The molecule has 2 aromatic rings. The van der Waals surface area contributed by atoms with Crippen LogP contribution < -0.4 is 5.32 Å². The molecule has 1 aliphatic rings. The van der Waals surface area contributed by atoms with Crippen molar-refractivity contribution in [3.05, 3.63) is 63.9 Å². The molecule has 23 heavy (non-hydrogen) atoms. The molecule has 0 bridgehead atoms. The molecule has 2 heterocycles. The van der Waals surface area contributed by atoms with E-state index in [2.05, 4.69) is 22.2 Å². The molecule has 4 nitrogen and oxygen atoms in total. The normalized spacial score (nSPS) is 21.3. The second kappa shape index (κ2) is 6.87. The standard InChI is InChI=1S/C17H17Cl2N3O/c1-22-9-8-14(16(22)11-2-5-13(18)6-3-11)21-17(23)12-4-7-15(19)20-10-12/h2-7,10,14,16H,8-9H2,1H3,(H,21,23). The third-order valence-corrected chi connectivity index (χ3v) is 4.64. The molecule has 1 N–H and O–H groups in total. The fourth-order valence-corrected chi connectivity index (χ4v) is 3.24. The van der Waals surface area contributed by atoms with Gasteiger partial charge in [-0.05, 0) is 43.3 Å². The number of halogens is 2. The Balaban J connectivity index is 1.77. The van der Waals surface area contributed by atoms with Crippen LogP contribution in [0.2, 0.25) is 10.2 Å². The van der Waals surface area contributed by atoms with Crippen molar-refractivity contribution >= 4 is 29.1 Å². The maximum absolute atomic E-state index is 12.4. The van der Waals surface area contributed by atoms with Crippen molar-refractivity contribution in [2.45, 2.75) is 18.5 Å². The van der Waals surface area contributed by atoms with Gasteiger partial charge in [-0.3, -0.25) is 9.69 Å². The third kappa shape index (κ3) is 3.66. The number of carbonyl (C=O) groups excluding carboxylic acids is 1. The first-order chi connectivity index (χ1) is 11.0. The van der Waals surface area contributed by atoms with Gasteiger partial charge in [0, 0.05) is 17.8 Å². The van der Waals surface area contributed by atoms with Gasteiger partial charge < -0.3 is 5.32 Å². The number of likely N-dealkylation sites (N-methyl/N-ethyl adjacent to an activating group) is 1. The first kappa shape index (κ1) is 16.2. The molecular weight excluding hydrogens is 333 g/mol. The highest BCUT2D eigenvalue weighted by atomic mass is 35.5. The van der Waals surface area contributed by atoms with Gasteiger partial charge in [0.25, 0.3) is 5.91 Å². The van der Waals surface area contributed by atoms with E-state index in [9.17, 15) is 4.79 Å². The minimum Gasteiger partial charge on any atom is -0.347 e. The van der Waals surface area contributed by atoms with Crippen LogP contribution in [-0.4, -0.2) is 35.4 Å². The van der Waals surface area contributed by atoms with E-state index >= 15 is 0 Å². The molecule has 1 aromatic heterocycles. The molecule has 2 atom stereocenters. The van der Waals surface area contributed by atoms with E-state index < -0.39 is 0 Å². The molecule has 1 amide bonds. The van der Waals surface area contributed by atoms with E-state index in [0.29, 0.717) is 15.7 Å². The van der Waals surface area contributed by atoms with Gasteiger partial charge in [-0.2, -0.15) is 0 Å². The monoisotopic (exact) mass is 349 g/mol. The van der Waals surface area contributed by atoms with Crippen molar-refractivity contribution in [2.75, 3.05) is 13.6 Å². The number of nitrogens with zero attached hydrogens (tertiary/aromatic N) is 2. The van der Waals surface area contributed by atoms with Gasteiger partial charge in [-0.25, -0.2) is 4.98 Å². The molecule has 0 saturated carbocycles. The summed E-state index contributed by atoms with van der Waals surface area (Å²) in [6.45, 7) is 0.928. The summed E-state index contributed by atoms with van der Waals surface area (Å²) in [7, 11) is 2.06. The summed E-state index contributed by atoms with van der Waals surface area (Å²) in [4.78, 5) is 18.6. The van der Waals surface area contributed by atoms with Crippen molar-refractivity contribution in [1.82, 2.24) is 15.2 Å². The van der Waals surface area contributed by atoms with Crippen LogP contribution in [0, 0.1) is 0 Å². The lowest BCUT2D eigenvalue weighted by molar-refractivity contribution is 0.0927. The maximum Gasteiger partial charge on any atom is 0.253 e. The van der Waals surface area contributed by atoms with E-state index in [4.69, 9.17) is 23.2 Å². The smallest absolute Gasteiger partial charge is 0.253 e. The number of nitrogens with one attached hydrogen (secondary N) is 1. The van der Waals surface area contributed by atoms with Crippen LogP contribution in [0.15, 0.2) is 42.6 Å². The Bertz CT molecular complexity index is 688. The first-order valence-electron chi connectivity index (χ1n) is 7.43. The molecule has 0 spiro atoms. The van der Waals surface area contributed by atoms with Gasteiger partial charge in [-0.15, -0.1) is 0 Å². The number of amides is 1. The summed E-state index contributed by atoms with van der Waals surface area (Å²) in [6.07, 6.45) is 2.39. The van der Waals surface area contributed by atoms with Crippen LogP contribution in [-0.2, 0) is 0 Å². The van der Waals surface area contributed by atoms with Gasteiger partial charge in [0.05, 0.1) is 17.6 Å². The Morgan fingerprint density at radius 2 is 1.96 bits per heavy atom. The van der Waals surface area contributed by atoms with Crippen molar-refractivity contribution < 1.29 is 4.79 Å². The molecule has 0 aliphatic carbocycles. The summed E-state index contributed by atoms with van der Waals surface area (Å²) >= 11 is 11.7. The predicted octanol–water partition coefficient (Wildman–Crippen LogP) is 3.56. The number of carbonyl (C=O) groups is 1. The highest BCUT2D eigenvalue weighted by molar-refractivity contribution is 6.30. The highest BCUT2D eigenvalue weighted by Gasteiger charge is 2.34. The highest BCUT2D eigenvalue weighted by Crippen LogP contribution is 2.31.